The van der Waals surface area contributed by atoms with Gasteiger partial charge in [-0.25, -0.2) is 4.98 Å². The highest BCUT2D eigenvalue weighted by Gasteiger charge is 2.13. The number of pyridine rings is 1. The highest BCUT2D eigenvalue weighted by molar-refractivity contribution is 5.90. The minimum absolute atomic E-state index is 0.115. The van der Waals surface area contributed by atoms with E-state index in [0.29, 0.717) is 17.6 Å². The number of anilines is 2. The third-order valence-electron chi connectivity index (χ3n) is 4.77. The lowest BCUT2D eigenvalue weighted by atomic mass is 10.2. The number of para-hydroxylation sites is 1. The molecule has 1 fully saturated rings. The fourth-order valence-corrected chi connectivity index (χ4v) is 3.36. The van der Waals surface area contributed by atoms with Crippen molar-refractivity contribution in [3.63, 3.8) is 0 Å². The second-order valence-electron chi connectivity index (χ2n) is 6.65. The van der Waals surface area contributed by atoms with Gasteiger partial charge >= 0.3 is 0 Å². The third-order valence-corrected chi connectivity index (χ3v) is 4.77. The van der Waals surface area contributed by atoms with Crippen LogP contribution >= 0.6 is 0 Å². The fourth-order valence-electron chi connectivity index (χ4n) is 3.36. The zero-order valence-electron chi connectivity index (χ0n) is 15.0. The highest BCUT2D eigenvalue weighted by Crippen LogP contribution is 2.19. The molecule has 1 aliphatic heterocycles. The van der Waals surface area contributed by atoms with Gasteiger partial charge in [0.1, 0.15) is 5.82 Å². The van der Waals surface area contributed by atoms with Gasteiger partial charge in [-0.2, -0.15) is 5.10 Å². The third kappa shape index (κ3) is 3.81. The predicted molar refractivity (Wildman–Crippen MR) is 105 cm³/mol. The van der Waals surface area contributed by atoms with Gasteiger partial charge in [0.15, 0.2) is 0 Å². The first-order chi connectivity index (χ1) is 13.2. The Morgan fingerprint density at radius 3 is 2.67 bits per heavy atom. The Bertz CT molecular complexity index is 1010. The Hall–Kier alpha value is -3.22. The van der Waals surface area contributed by atoms with E-state index in [2.05, 4.69) is 20.3 Å². The number of nitrogens with zero attached hydrogens (tertiary/aromatic N) is 4. The zero-order valence-corrected chi connectivity index (χ0v) is 15.0. The monoisotopic (exact) mass is 363 g/mol. The molecule has 0 unspecified atom stereocenters. The average molecular weight is 363 g/mol. The summed E-state index contributed by atoms with van der Waals surface area (Å²) in [4.78, 5) is 30.8. The number of hydrogen-bond acceptors (Lipinski definition) is 5. The Morgan fingerprint density at radius 1 is 1.07 bits per heavy atom. The largest absolute Gasteiger partial charge is 0.357 e. The topological polar surface area (TPSA) is 80.1 Å². The van der Waals surface area contributed by atoms with Gasteiger partial charge < -0.3 is 10.2 Å². The van der Waals surface area contributed by atoms with Gasteiger partial charge in [0, 0.05) is 24.9 Å². The quantitative estimate of drug-likeness (QED) is 0.753. The minimum Gasteiger partial charge on any atom is -0.357 e. The van der Waals surface area contributed by atoms with Crippen molar-refractivity contribution < 1.29 is 4.79 Å². The number of rotatable bonds is 5. The molecule has 2 aromatic heterocycles. The minimum atomic E-state index is -0.115. The average Bonchev–Trinajstić information content (AvgIpc) is 3.23. The first-order valence-corrected chi connectivity index (χ1v) is 9.16. The summed E-state index contributed by atoms with van der Waals surface area (Å²) in [6.45, 7) is 2.48. The molecule has 1 amide bonds. The zero-order chi connectivity index (χ0) is 18.6. The first kappa shape index (κ1) is 17.2. The fraction of sp³-hybridized carbons (Fsp3) is 0.300. The van der Waals surface area contributed by atoms with Gasteiger partial charge in [-0.3, -0.25) is 14.3 Å². The van der Waals surface area contributed by atoms with Crippen LogP contribution in [0.3, 0.4) is 0 Å². The van der Waals surface area contributed by atoms with E-state index in [1.165, 1.54) is 19.0 Å². The lowest BCUT2D eigenvalue weighted by molar-refractivity contribution is -0.116. The molecule has 0 saturated carbocycles. The molecular formula is C20H21N5O2. The second kappa shape index (κ2) is 7.57. The van der Waals surface area contributed by atoms with Crippen LogP contribution in [0.4, 0.5) is 11.5 Å². The maximum absolute atomic E-state index is 12.3. The van der Waals surface area contributed by atoms with Crippen LogP contribution in [-0.4, -0.2) is 33.8 Å². The summed E-state index contributed by atoms with van der Waals surface area (Å²) in [5.74, 6) is 0.838. The van der Waals surface area contributed by atoms with Gasteiger partial charge in [0.05, 0.1) is 30.1 Å². The van der Waals surface area contributed by atoms with Crippen LogP contribution in [0.15, 0.2) is 53.6 Å². The number of fused-ring (bicyclic) bond motifs is 1. The molecule has 0 spiro atoms. The summed E-state index contributed by atoms with van der Waals surface area (Å²) in [6.07, 6.45) is 5.65. The van der Waals surface area contributed by atoms with Crippen molar-refractivity contribution in [1.29, 1.82) is 0 Å². The smallest absolute Gasteiger partial charge is 0.226 e. The maximum atomic E-state index is 12.3. The van der Waals surface area contributed by atoms with Gasteiger partial charge in [0.25, 0.3) is 0 Å². The molecule has 7 heteroatoms. The van der Waals surface area contributed by atoms with Crippen molar-refractivity contribution >= 4 is 28.3 Å². The molecule has 1 N–H and O–H groups in total. The van der Waals surface area contributed by atoms with Gasteiger partial charge in [-0.15, -0.1) is 0 Å². The number of aryl methyl sites for hydroxylation is 1. The van der Waals surface area contributed by atoms with E-state index in [0.717, 1.165) is 24.4 Å². The number of carbonyl (C=O) groups is 1. The molecule has 3 aromatic rings. The number of amides is 1. The van der Waals surface area contributed by atoms with Crippen LogP contribution in [0.25, 0.3) is 10.9 Å². The number of benzene rings is 1. The van der Waals surface area contributed by atoms with Crippen molar-refractivity contribution in [2.24, 2.45) is 0 Å². The summed E-state index contributed by atoms with van der Waals surface area (Å²) in [5, 5.41) is 7.62. The molecular weight excluding hydrogens is 342 g/mol. The number of carbonyl (C=O) groups excluding carboxylic acids is 1. The molecule has 4 rings (SSSR count). The first-order valence-electron chi connectivity index (χ1n) is 9.16. The van der Waals surface area contributed by atoms with Crippen LogP contribution in [-0.2, 0) is 11.3 Å². The lowest BCUT2D eigenvalue weighted by Gasteiger charge is -2.16. The molecule has 7 nitrogen and oxygen atoms in total. The lowest BCUT2D eigenvalue weighted by Crippen LogP contribution is -2.19. The van der Waals surface area contributed by atoms with Crippen LogP contribution in [0.1, 0.15) is 19.3 Å². The van der Waals surface area contributed by atoms with Gasteiger partial charge in [-0.05, 0) is 37.1 Å². The predicted octanol–water partition coefficient (Wildman–Crippen LogP) is 2.42. The summed E-state index contributed by atoms with van der Waals surface area (Å²) < 4.78 is 1.69. The Balaban J connectivity index is 1.39. The van der Waals surface area contributed by atoms with Crippen LogP contribution < -0.4 is 15.6 Å². The van der Waals surface area contributed by atoms with Crippen molar-refractivity contribution in [1.82, 2.24) is 14.8 Å². The second-order valence-corrected chi connectivity index (χ2v) is 6.65. The molecule has 1 saturated heterocycles. The standard InChI is InChI=1S/C20H21N5O2/c26-18-14-22-25(17-6-2-1-5-16(17)18)12-9-20(27)23-15-7-8-19(21-13-15)24-10-3-4-11-24/h1-2,5-8,13-14H,3-4,9-12H2,(H,23,27). The van der Waals surface area contributed by atoms with E-state index in [1.54, 1.807) is 16.9 Å². The normalized spacial score (nSPS) is 13.9. The summed E-state index contributed by atoms with van der Waals surface area (Å²) in [7, 11) is 0. The van der Waals surface area contributed by atoms with Crippen LogP contribution in [0.2, 0.25) is 0 Å². The van der Waals surface area contributed by atoms with E-state index in [4.69, 9.17) is 0 Å². The van der Waals surface area contributed by atoms with Crippen LogP contribution in [0.5, 0.6) is 0 Å². The molecule has 138 valence electrons. The van der Waals surface area contributed by atoms with Gasteiger partial charge in [0.2, 0.25) is 11.3 Å². The Kier molecular flexibility index (Phi) is 4.82. The highest BCUT2D eigenvalue weighted by atomic mass is 16.1. The molecule has 0 bridgehead atoms. The van der Waals surface area contributed by atoms with E-state index in [9.17, 15) is 9.59 Å². The van der Waals surface area contributed by atoms with E-state index < -0.39 is 0 Å². The SMILES string of the molecule is O=C(CCn1ncc(=O)c2ccccc21)Nc1ccc(N2CCCC2)nc1. The maximum Gasteiger partial charge on any atom is 0.226 e. The summed E-state index contributed by atoms with van der Waals surface area (Å²) in [6, 6.07) is 11.1. The molecule has 0 aliphatic carbocycles. The molecule has 0 radical (unpaired) electrons. The number of nitrogens with one attached hydrogen (secondary N) is 1. The van der Waals surface area contributed by atoms with E-state index >= 15 is 0 Å². The summed E-state index contributed by atoms with van der Waals surface area (Å²) >= 11 is 0. The van der Waals surface area contributed by atoms with Crippen molar-refractivity contribution in [3.05, 3.63) is 59.0 Å². The molecule has 27 heavy (non-hydrogen) atoms. The molecule has 0 atom stereocenters. The van der Waals surface area contributed by atoms with Gasteiger partial charge in [-0.1, -0.05) is 12.1 Å². The van der Waals surface area contributed by atoms with E-state index in [-0.39, 0.29) is 17.8 Å². The Labute approximate surface area is 156 Å². The van der Waals surface area contributed by atoms with Crippen molar-refractivity contribution in [2.45, 2.75) is 25.8 Å². The van der Waals surface area contributed by atoms with Crippen molar-refractivity contribution in [3.8, 4) is 0 Å². The number of hydrogen-bond donors (Lipinski definition) is 1. The molecule has 1 aromatic carbocycles. The number of aromatic nitrogens is 3. The Morgan fingerprint density at radius 2 is 1.89 bits per heavy atom. The molecule has 1 aliphatic rings. The van der Waals surface area contributed by atoms with E-state index in [1.807, 2.05) is 30.3 Å². The van der Waals surface area contributed by atoms with Crippen LogP contribution in [0, 0.1) is 0 Å². The molecule has 3 heterocycles. The van der Waals surface area contributed by atoms with Crippen molar-refractivity contribution in [2.75, 3.05) is 23.3 Å². The summed E-state index contributed by atoms with van der Waals surface area (Å²) in [5.41, 5.74) is 1.30.